The molecule has 2 N–H and O–H groups in total. The minimum absolute atomic E-state index is 0.0324. The monoisotopic (exact) mass is 466 g/mol. The number of unbranched alkanes of at least 4 members (excludes halogenated alkanes) is 1. The molecule has 184 valence electrons. The van der Waals surface area contributed by atoms with Crippen LogP contribution in [0.25, 0.3) is 21.8 Å². The number of nitrogens with zero attached hydrogens (tertiary/aromatic N) is 5. The maximum atomic E-state index is 14.0. The van der Waals surface area contributed by atoms with E-state index < -0.39 is 0 Å². The number of piperazine rings is 1. The highest BCUT2D eigenvalue weighted by Crippen LogP contribution is 2.29. The number of aromatic nitrogens is 3. The van der Waals surface area contributed by atoms with Gasteiger partial charge in [-0.15, -0.1) is 0 Å². The molecule has 0 amide bonds. The van der Waals surface area contributed by atoms with E-state index in [9.17, 15) is 9.90 Å². The Bertz CT molecular complexity index is 1160. The van der Waals surface area contributed by atoms with Gasteiger partial charge in [0.25, 0.3) is 5.56 Å². The highest BCUT2D eigenvalue weighted by atomic mass is 16.3. The van der Waals surface area contributed by atoms with E-state index in [0.717, 1.165) is 74.9 Å². The van der Waals surface area contributed by atoms with Gasteiger partial charge in [-0.3, -0.25) is 9.36 Å². The van der Waals surface area contributed by atoms with Crippen LogP contribution < -0.4 is 15.8 Å². The van der Waals surface area contributed by atoms with Crippen molar-refractivity contribution in [3.63, 3.8) is 0 Å². The van der Waals surface area contributed by atoms with Gasteiger partial charge in [0, 0.05) is 62.6 Å². The summed E-state index contributed by atoms with van der Waals surface area (Å²) in [5, 5.41) is 15.5. The lowest BCUT2D eigenvalue weighted by molar-refractivity contribution is 0.252. The van der Waals surface area contributed by atoms with Crippen molar-refractivity contribution in [2.45, 2.75) is 52.0 Å². The first-order valence-electron chi connectivity index (χ1n) is 12.7. The van der Waals surface area contributed by atoms with E-state index in [1.54, 1.807) is 0 Å². The van der Waals surface area contributed by atoms with Crippen LogP contribution in [0.2, 0.25) is 0 Å². The molecule has 2 aromatic heterocycles. The van der Waals surface area contributed by atoms with E-state index >= 15 is 0 Å². The van der Waals surface area contributed by atoms with Gasteiger partial charge in [-0.1, -0.05) is 32.8 Å². The van der Waals surface area contributed by atoms with Crippen LogP contribution in [-0.4, -0.2) is 70.9 Å². The van der Waals surface area contributed by atoms with Crippen LogP contribution in [0.15, 0.2) is 29.2 Å². The molecule has 0 spiro atoms. The molecule has 8 heteroatoms. The largest absolute Gasteiger partial charge is 0.396 e. The minimum Gasteiger partial charge on any atom is -0.396 e. The summed E-state index contributed by atoms with van der Waals surface area (Å²) >= 11 is 0. The normalized spacial score (nSPS) is 15.8. The number of likely N-dealkylation sites (N-methyl/N-ethyl adjacent to an activating group) is 1. The average molecular weight is 467 g/mol. The number of aliphatic hydroxyl groups is 1. The van der Waals surface area contributed by atoms with Crippen LogP contribution in [0.3, 0.4) is 0 Å². The van der Waals surface area contributed by atoms with Crippen molar-refractivity contribution in [2.24, 2.45) is 0 Å². The molecule has 1 aromatic carbocycles. The Labute approximate surface area is 201 Å². The van der Waals surface area contributed by atoms with Gasteiger partial charge >= 0.3 is 0 Å². The van der Waals surface area contributed by atoms with Gasteiger partial charge in [0.15, 0.2) is 0 Å². The first-order valence-corrected chi connectivity index (χ1v) is 12.7. The molecule has 4 rings (SSSR count). The highest BCUT2D eigenvalue weighted by molar-refractivity contribution is 6.05. The molecule has 8 nitrogen and oxygen atoms in total. The van der Waals surface area contributed by atoms with Crippen molar-refractivity contribution in [3.05, 3.63) is 34.7 Å². The molecular formula is C26H38N6O2. The lowest BCUT2D eigenvalue weighted by atomic mass is 10.0. The molecule has 1 aliphatic rings. The zero-order chi connectivity index (χ0) is 24.1. The zero-order valence-corrected chi connectivity index (χ0v) is 20.8. The summed E-state index contributed by atoms with van der Waals surface area (Å²) in [4.78, 5) is 28.0. The Morgan fingerprint density at radius 2 is 1.85 bits per heavy atom. The third kappa shape index (κ3) is 5.03. The van der Waals surface area contributed by atoms with Gasteiger partial charge in [0.2, 0.25) is 5.95 Å². The zero-order valence-electron chi connectivity index (χ0n) is 20.8. The summed E-state index contributed by atoms with van der Waals surface area (Å²) in [5.41, 5.74) is 1.69. The first kappa shape index (κ1) is 24.4. The fraction of sp³-hybridized carbons (Fsp3) is 0.577. The first-order chi connectivity index (χ1) is 16.6. The van der Waals surface area contributed by atoms with Gasteiger partial charge in [-0.05, 0) is 43.8 Å². The maximum absolute atomic E-state index is 14.0. The summed E-state index contributed by atoms with van der Waals surface area (Å²) in [6.45, 7) is 9.00. The van der Waals surface area contributed by atoms with Crippen molar-refractivity contribution in [1.29, 1.82) is 0 Å². The maximum Gasteiger partial charge on any atom is 0.260 e. The third-order valence-electron chi connectivity index (χ3n) is 6.87. The van der Waals surface area contributed by atoms with Crippen LogP contribution in [-0.2, 0) is 0 Å². The van der Waals surface area contributed by atoms with Crippen molar-refractivity contribution < 1.29 is 5.11 Å². The Morgan fingerprint density at radius 3 is 2.56 bits per heavy atom. The number of aliphatic hydroxyl groups excluding tert-OH is 1. The summed E-state index contributed by atoms with van der Waals surface area (Å²) in [5.74, 6) is 0.543. The number of pyridine rings is 1. The second-order valence-electron chi connectivity index (χ2n) is 9.36. The molecule has 0 saturated carbocycles. The number of benzene rings is 1. The fourth-order valence-corrected chi connectivity index (χ4v) is 4.86. The Hall–Kier alpha value is -2.71. The third-order valence-corrected chi connectivity index (χ3v) is 6.87. The summed E-state index contributed by atoms with van der Waals surface area (Å²) in [6.07, 6.45) is 6.21. The van der Waals surface area contributed by atoms with Gasteiger partial charge in [0.1, 0.15) is 5.65 Å². The van der Waals surface area contributed by atoms with E-state index in [0.29, 0.717) is 23.4 Å². The van der Waals surface area contributed by atoms with Gasteiger partial charge in [-0.25, -0.2) is 4.98 Å². The van der Waals surface area contributed by atoms with Crippen molar-refractivity contribution in [1.82, 2.24) is 19.4 Å². The van der Waals surface area contributed by atoms with Crippen LogP contribution in [0.4, 0.5) is 11.6 Å². The molecule has 0 aliphatic carbocycles. The highest BCUT2D eigenvalue weighted by Gasteiger charge is 2.21. The fourth-order valence-electron chi connectivity index (χ4n) is 4.86. The molecule has 1 atom stereocenters. The molecule has 1 fully saturated rings. The Morgan fingerprint density at radius 1 is 1.06 bits per heavy atom. The van der Waals surface area contributed by atoms with E-state index in [2.05, 4.69) is 47.1 Å². The van der Waals surface area contributed by atoms with Crippen molar-refractivity contribution >= 4 is 33.4 Å². The quantitative estimate of drug-likeness (QED) is 0.348. The van der Waals surface area contributed by atoms with Gasteiger partial charge in [0.05, 0.1) is 5.39 Å². The predicted octanol–water partition coefficient (Wildman–Crippen LogP) is 3.63. The number of fused-ring (bicyclic) bond motifs is 3. The van der Waals surface area contributed by atoms with Crippen LogP contribution in [0.1, 0.15) is 52.0 Å². The minimum atomic E-state index is -0.111. The van der Waals surface area contributed by atoms with E-state index in [4.69, 9.17) is 4.98 Å². The molecule has 3 aromatic rings. The van der Waals surface area contributed by atoms with Crippen molar-refractivity contribution in [2.75, 3.05) is 56.6 Å². The number of rotatable bonds is 10. The van der Waals surface area contributed by atoms with Crippen molar-refractivity contribution in [3.8, 4) is 0 Å². The topological polar surface area (TPSA) is 86.5 Å². The molecule has 34 heavy (non-hydrogen) atoms. The predicted molar refractivity (Wildman–Crippen MR) is 140 cm³/mol. The lowest BCUT2D eigenvalue weighted by Crippen LogP contribution is -2.44. The Kier molecular flexibility index (Phi) is 8.00. The Balaban J connectivity index is 1.88. The molecule has 0 radical (unpaired) electrons. The van der Waals surface area contributed by atoms with E-state index in [-0.39, 0.29) is 18.2 Å². The van der Waals surface area contributed by atoms with Crippen LogP contribution in [0, 0.1) is 0 Å². The number of nitrogens with one attached hydrogen (secondary N) is 1. The molecular weight excluding hydrogens is 428 g/mol. The standard InChI is InChI=1S/C26H38N6O2/c1-4-6-11-27-26-28-18-23-21-9-8-20(31-14-12-30(3)13-15-31)17-22(21)25(34)32(24(23)29-26)19(7-5-2)10-16-33/h8-9,17-19,33H,4-7,10-16H2,1-3H3,(H,27,28,29)/t19-/m0/s1. The molecule has 1 aliphatic heterocycles. The van der Waals surface area contributed by atoms with Gasteiger partial charge in [-0.2, -0.15) is 4.98 Å². The molecule has 1 saturated heterocycles. The average Bonchev–Trinajstić information content (AvgIpc) is 2.85. The SMILES string of the molecule is CCCCNc1ncc2c3ccc(N4CCN(C)CC4)cc3c(=O)n([C@@H](CCC)CCO)c2n1. The number of hydrogen-bond donors (Lipinski definition) is 2. The second-order valence-corrected chi connectivity index (χ2v) is 9.36. The van der Waals surface area contributed by atoms with E-state index in [1.807, 2.05) is 22.9 Å². The lowest BCUT2D eigenvalue weighted by Gasteiger charge is -2.34. The summed E-state index contributed by atoms with van der Waals surface area (Å²) < 4.78 is 1.82. The number of anilines is 2. The molecule has 0 bridgehead atoms. The second kappa shape index (κ2) is 11.1. The smallest absolute Gasteiger partial charge is 0.260 e. The summed E-state index contributed by atoms with van der Waals surface area (Å²) in [6, 6.07) is 6.08. The molecule has 0 unspecified atom stereocenters. The van der Waals surface area contributed by atoms with Crippen LogP contribution in [0.5, 0.6) is 0 Å². The van der Waals surface area contributed by atoms with Crippen LogP contribution >= 0.6 is 0 Å². The van der Waals surface area contributed by atoms with Gasteiger partial charge < -0.3 is 20.2 Å². The van der Waals surface area contributed by atoms with E-state index in [1.165, 1.54) is 0 Å². The molecule has 3 heterocycles. The number of hydrogen-bond acceptors (Lipinski definition) is 7. The summed E-state index contributed by atoms with van der Waals surface area (Å²) in [7, 11) is 2.14.